The fourth-order valence-corrected chi connectivity index (χ4v) is 2.00. The van der Waals surface area contributed by atoms with Gasteiger partial charge in [0.1, 0.15) is 5.75 Å². The molecule has 1 aromatic rings. The molecule has 0 bridgehead atoms. The van der Waals surface area contributed by atoms with E-state index >= 15 is 0 Å². The second kappa shape index (κ2) is 3.24. The van der Waals surface area contributed by atoms with Crippen LogP contribution in [0.3, 0.4) is 0 Å². The van der Waals surface area contributed by atoms with Gasteiger partial charge >= 0.3 is 5.97 Å². The van der Waals surface area contributed by atoms with Crippen molar-refractivity contribution in [2.75, 3.05) is 0 Å². The molecule has 3 heteroatoms. The zero-order chi connectivity index (χ0) is 11.2. The summed E-state index contributed by atoms with van der Waals surface area (Å²) in [6.45, 7) is 0. The summed E-state index contributed by atoms with van der Waals surface area (Å²) in [6.07, 6.45) is 4.09. The number of carboxylic acid groups (broad SMARTS) is 1. The Labute approximate surface area is 94.0 Å². The van der Waals surface area contributed by atoms with E-state index in [1.807, 2.05) is 24.3 Å². The fraction of sp³-hybridized carbons (Fsp3) is 0.462. The van der Waals surface area contributed by atoms with Crippen molar-refractivity contribution in [3.63, 3.8) is 0 Å². The van der Waals surface area contributed by atoms with Crippen LogP contribution in [0.5, 0.6) is 5.75 Å². The summed E-state index contributed by atoms with van der Waals surface area (Å²) in [6, 6.07) is 7.57. The van der Waals surface area contributed by atoms with Crippen LogP contribution in [-0.2, 0) is 10.2 Å². The Bertz CT molecular complexity index is 431. The molecule has 16 heavy (non-hydrogen) atoms. The maximum absolute atomic E-state index is 11.2. The van der Waals surface area contributed by atoms with Gasteiger partial charge in [0, 0.05) is 0 Å². The lowest BCUT2D eigenvalue weighted by atomic mass is 9.96. The minimum Gasteiger partial charge on any atom is -0.490 e. The third-order valence-corrected chi connectivity index (χ3v) is 3.37. The smallest absolute Gasteiger partial charge is 0.314 e. The normalized spacial score (nSPS) is 21.5. The van der Waals surface area contributed by atoms with Crippen LogP contribution in [0, 0.1) is 0 Å². The summed E-state index contributed by atoms with van der Waals surface area (Å²) in [4.78, 5) is 11.2. The SMILES string of the molecule is O=C(O)C1(c2cccc(OC3CC3)c2)CC1. The van der Waals surface area contributed by atoms with Crippen LogP contribution >= 0.6 is 0 Å². The Balaban J connectivity index is 1.86. The summed E-state index contributed by atoms with van der Waals surface area (Å²) in [7, 11) is 0. The first-order valence-corrected chi connectivity index (χ1v) is 5.71. The lowest BCUT2D eigenvalue weighted by molar-refractivity contribution is -0.140. The molecule has 2 saturated carbocycles. The van der Waals surface area contributed by atoms with Gasteiger partial charge in [-0.15, -0.1) is 0 Å². The van der Waals surface area contributed by atoms with E-state index in [0.29, 0.717) is 6.10 Å². The van der Waals surface area contributed by atoms with Gasteiger partial charge in [-0.3, -0.25) is 4.79 Å². The largest absolute Gasteiger partial charge is 0.490 e. The summed E-state index contributed by atoms with van der Waals surface area (Å²) in [5.74, 6) is 0.101. The molecule has 3 rings (SSSR count). The molecule has 84 valence electrons. The topological polar surface area (TPSA) is 46.5 Å². The van der Waals surface area contributed by atoms with Crippen LogP contribution in [-0.4, -0.2) is 17.2 Å². The number of carboxylic acids is 1. The average Bonchev–Trinajstić information content (AvgIpc) is 3.13. The monoisotopic (exact) mass is 218 g/mol. The molecule has 0 spiro atoms. The van der Waals surface area contributed by atoms with Crippen LogP contribution in [0.2, 0.25) is 0 Å². The molecule has 0 saturated heterocycles. The molecular weight excluding hydrogens is 204 g/mol. The third kappa shape index (κ3) is 1.56. The highest BCUT2D eigenvalue weighted by molar-refractivity contribution is 5.85. The number of hydrogen-bond donors (Lipinski definition) is 1. The molecule has 0 aliphatic heterocycles. The van der Waals surface area contributed by atoms with Gasteiger partial charge in [-0.1, -0.05) is 12.1 Å². The lowest BCUT2D eigenvalue weighted by Crippen LogP contribution is -2.19. The molecule has 0 radical (unpaired) electrons. The summed E-state index contributed by atoms with van der Waals surface area (Å²) in [5, 5.41) is 9.20. The van der Waals surface area contributed by atoms with Crippen LogP contribution < -0.4 is 4.74 Å². The van der Waals surface area contributed by atoms with Crippen LogP contribution in [0.4, 0.5) is 0 Å². The molecule has 1 aromatic carbocycles. The standard InChI is InChI=1S/C13H14O3/c14-12(15)13(6-7-13)9-2-1-3-11(8-9)16-10-4-5-10/h1-3,8,10H,4-7H2,(H,14,15). The van der Waals surface area contributed by atoms with E-state index in [9.17, 15) is 9.90 Å². The van der Waals surface area contributed by atoms with Gasteiger partial charge in [-0.2, -0.15) is 0 Å². The fourth-order valence-electron chi connectivity index (χ4n) is 2.00. The second-order valence-corrected chi connectivity index (χ2v) is 4.73. The Kier molecular flexibility index (Phi) is 1.96. The van der Waals surface area contributed by atoms with Gasteiger partial charge in [-0.05, 0) is 43.4 Å². The number of hydrogen-bond acceptors (Lipinski definition) is 2. The first-order valence-electron chi connectivity index (χ1n) is 5.71. The van der Waals surface area contributed by atoms with Gasteiger partial charge in [-0.25, -0.2) is 0 Å². The summed E-state index contributed by atoms with van der Waals surface area (Å²) >= 11 is 0. The van der Waals surface area contributed by atoms with Crippen molar-refractivity contribution in [1.29, 1.82) is 0 Å². The maximum Gasteiger partial charge on any atom is 0.314 e. The highest BCUT2D eigenvalue weighted by Gasteiger charge is 2.51. The minimum absolute atomic E-state index is 0.357. The lowest BCUT2D eigenvalue weighted by Gasteiger charge is -2.12. The zero-order valence-corrected chi connectivity index (χ0v) is 8.98. The van der Waals surface area contributed by atoms with Crippen molar-refractivity contribution < 1.29 is 14.6 Å². The maximum atomic E-state index is 11.2. The van der Waals surface area contributed by atoms with E-state index < -0.39 is 11.4 Å². The highest BCUT2D eigenvalue weighted by atomic mass is 16.5. The van der Waals surface area contributed by atoms with Crippen LogP contribution in [0.15, 0.2) is 24.3 Å². The first kappa shape index (κ1) is 9.70. The molecule has 0 unspecified atom stereocenters. The van der Waals surface area contributed by atoms with E-state index in [0.717, 1.165) is 37.0 Å². The van der Waals surface area contributed by atoms with E-state index in [1.54, 1.807) is 0 Å². The predicted molar refractivity (Wildman–Crippen MR) is 58.6 cm³/mol. The molecule has 3 nitrogen and oxygen atoms in total. The number of carbonyl (C=O) groups is 1. The van der Waals surface area contributed by atoms with E-state index in [2.05, 4.69) is 0 Å². The van der Waals surface area contributed by atoms with Gasteiger partial charge < -0.3 is 9.84 Å². The Hall–Kier alpha value is -1.51. The first-order chi connectivity index (χ1) is 7.71. The van der Waals surface area contributed by atoms with Crippen molar-refractivity contribution in [2.45, 2.75) is 37.2 Å². The molecule has 1 N–H and O–H groups in total. The number of rotatable bonds is 4. The second-order valence-electron chi connectivity index (χ2n) is 4.73. The highest BCUT2D eigenvalue weighted by Crippen LogP contribution is 2.49. The van der Waals surface area contributed by atoms with Crippen LogP contribution in [0.25, 0.3) is 0 Å². The van der Waals surface area contributed by atoms with Gasteiger partial charge in [0.15, 0.2) is 0 Å². The van der Waals surface area contributed by atoms with E-state index in [4.69, 9.17) is 4.74 Å². The van der Waals surface area contributed by atoms with Crippen molar-refractivity contribution in [2.24, 2.45) is 0 Å². The molecule has 0 amide bonds. The van der Waals surface area contributed by atoms with Crippen molar-refractivity contribution in [1.82, 2.24) is 0 Å². The number of ether oxygens (including phenoxy) is 1. The Morgan fingerprint density at radius 1 is 1.38 bits per heavy atom. The van der Waals surface area contributed by atoms with Crippen molar-refractivity contribution >= 4 is 5.97 Å². The minimum atomic E-state index is -0.712. The Morgan fingerprint density at radius 3 is 2.69 bits per heavy atom. The Morgan fingerprint density at radius 2 is 2.12 bits per heavy atom. The summed E-state index contributed by atoms with van der Waals surface area (Å²) in [5.41, 5.74) is 0.265. The number of benzene rings is 1. The van der Waals surface area contributed by atoms with Crippen molar-refractivity contribution in [3.05, 3.63) is 29.8 Å². The van der Waals surface area contributed by atoms with E-state index in [1.165, 1.54) is 0 Å². The molecule has 0 aromatic heterocycles. The molecule has 2 aliphatic carbocycles. The van der Waals surface area contributed by atoms with Crippen molar-refractivity contribution in [3.8, 4) is 5.75 Å². The summed E-state index contributed by atoms with van der Waals surface area (Å²) < 4.78 is 5.68. The van der Waals surface area contributed by atoms with Gasteiger partial charge in [0.05, 0.1) is 11.5 Å². The van der Waals surface area contributed by atoms with Gasteiger partial charge in [0.25, 0.3) is 0 Å². The molecular formula is C13H14O3. The molecule has 0 heterocycles. The zero-order valence-electron chi connectivity index (χ0n) is 8.98. The van der Waals surface area contributed by atoms with E-state index in [-0.39, 0.29) is 0 Å². The van der Waals surface area contributed by atoms with Crippen LogP contribution in [0.1, 0.15) is 31.2 Å². The predicted octanol–water partition coefficient (Wildman–Crippen LogP) is 2.34. The van der Waals surface area contributed by atoms with Gasteiger partial charge in [0.2, 0.25) is 0 Å². The average molecular weight is 218 g/mol. The number of aliphatic carboxylic acids is 1. The molecule has 0 atom stereocenters. The quantitative estimate of drug-likeness (QED) is 0.843. The molecule has 2 aliphatic rings. The molecule has 2 fully saturated rings. The third-order valence-electron chi connectivity index (χ3n) is 3.37.